The zero-order valence-electron chi connectivity index (χ0n) is 17.3. The average Bonchev–Trinajstić information content (AvgIpc) is 3.21. The molecule has 0 bridgehead atoms. The summed E-state index contributed by atoms with van der Waals surface area (Å²) in [4.78, 5) is 40.2. The van der Waals surface area contributed by atoms with Gasteiger partial charge in [-0.1, -0.05) is 0 Å². The highest BCUT2D eigenvalue weighted by Crippen LogP contribution is 2.25. The topological polar surface area (TPSA) is 105 Å². The molecule has 2 amide bonds. The molecule has 8 nitrogen and oxygen atoms in total. The minimum Gasteiger partial charge on any atom is -0.465 e. The van der Waals surface area contributed by atoms with Crippen LogP contribution < -0.4 is 16.0 Å². The van der Waals surface area contributed by atoms with Crippen LogP contribution in [-0.4, -0.2) is 61.5 Å². The van der Waals surface area contributed by atoms with E-state index in [1.54, 1.807) is 23.6 Å². The van der Waals surface area contributed by atoms with Gasteiger partial charge in [-0.15, -0.1) is 11.3 Å². The first-order chi connectivity index (χ1) is 14.3. The van der Waals surface area contributed by atoms with Crippen LogP contribution >= 0.6 is 11.3 Å². The van der Waals surface area contributed by atoms with Gasteiger partial charge in [-0.25, -0.2) is 4.79 Å². The van der Waals surface area contributed by atoms with Crippen molar-refractivity contribution in [2.45, 2.75) is 25.9 Å². The highest BCUT2D eigenvalue weighted by atomic mass is 32.1. The summed E-state index contributed by atoms with van der Waals surface area (Å²) in [5.74, 6) is -1.08. The Balaban J connectivity index is 1.61. The van der Waals surface area contributed by atoms with E-state index in [2.05, 4.69) is 22.0 Å². The van der Waals surface area contributed by atoms with Crippen LogP contribution in [0.2, 0.25) is 0 Å². The predicted octanol–water partition coefficient (Wildman–Crippen LogP) is 2.17. The number of nitrogens with one attached hydrogen (secondary N) is 1. The van der Waals surface area contributed by atoms with E-state index in [1.807, 2.05) is 19.1 Å². The molecule has 2 unspecified atom stereocenters. The van der Waals surface area contributed by atoms with Gasteiger partial charge in [0, 0.05) is 31.4 Å². The van der Waals surface area contributed by atoms with Gasteiger partial charge >= 0.3 is 5.97 Å². The molecule has 2 atom stereocenters. The molecular formula is C21H26N4O4S. The van der Waals surface area contributed by atoms with Crippen molar-refractivity contribution >= 4 is 39.8 Å². The van der Waals surface area contributed by atoms with Crippen molar-refractivity contribution in [3.05, 3.63) is 46.8 Å². The Morgan fingerprint density at radius 1 is 1.20 bits per heavy atom. The Morgan fingerprint density at radius 3 is 2.50 bits per heavy atom. The Hall–Kier alpha value is -2.91. The smallest absolute Gasteiger partial charge is 0.337 e. The van der Waals surface area contributed by atoms with Gasteiger partial charge in [0.2, 0.25) is 5.91 Å². The molecule has 2 heterocycles. The maximum absolute atomic E-state index is 12.8. The van der Waals surface area contributed by atoms with Gasteiger partial charge in [-0.3, -0.25) is 14.5 Å². The van der Waals surface area contributed by atoms with Crippen molar-refractivity contribution in [3.63, 3.8) is 0 Å². The summed E-state index contributed by atoms with van der Waals surface area (Å²) in [6.45, 7) is 6.16. The van der Waals surface area contributed by atoms with E-state index in [9.17, 15) is 14.4 Å². The Labute approximate surface area is 179 Å². The number of esters is 1. The number of thiophene rings is 1. The standard InChI is InChI=1S/C21H26N4O4S/c1-13-12-24(16-6-4-15(5-7-16)21(28)29-3)9-10-25(13)14(2)19(27)23-20-17(18(22)26)8-11-30-20/h4-8,11,13-14H,9-10,12H2,1-3H3,(H2,22,26)(H,23,27). The van der Waals surface area contributed by atoms with E-state index in [1.165, 1.54) is 18.4 Å². The Bertz CT molecular complexity index is 927. The van der Waals surface area contributed by atoms with E-state index in [0.29, 0.717) is 22.7 Å². The lowest BCUT2D eigenvalue weighted by atomic mass is 10.1. The molecular weight excluding hydrogens is 404 g/mol. The highest BCUT2D eigenvalue weighted by molar-refractivity contribution is 7.14. The summed E-state index contributed by atoms with van der Waals surface area (Å²) in [7, 11) is 1.36. The molecule has 1 aromatic heterocycles. The lowest BCUT2D eigenvalue weighted by Gasteiger charge is -2.43. The first-order valence-corrected chi connectivity index (χ1v) is 10.6. The SMILES string of the molecule is COC(=O)c1ccc(N2CCN(C(C)C(=O)Nc3sccc3C(N)=O)C(C)C2)cc1. The molecule has 1 fully saturated rings. The molecule has 0 saturated carbocycles. The zero-order valence-corrected chi connectivity index (χ0v) is 18.1. The summed E-state index contributed by atoms with van der Waals surface area (Å²) < 4.78 is 4.74. The van der Waals surface area contributed by atoms with Gasteiger partial charge in [0.25, 0.3) is 5.91 Å². The van der Waals surface area contributed by atoms with Crippen LogP contribution in [0, 0.1) is 0 Å². The van der Waals surface area contributed by atoms with Crippen LogP contribution in [0.15, 0.2) is 35.7 Å². The second-order valence-electron chi connectivity index (χ2n) is 7.26. The van der Waals surface area contributed by atoms with Crippen molar-refractivity contribution in [1.29, 1.82) is 0 Å². The van der Waals surface area contributed by atoms with Crippen molar-refractivity contribution in [1.82, 2.24) is 4.90 Å². The van der Waals surface area contributed by atoms with Crippen LogP contribution in [0.4, 0.5) is 10.7 Å². The lowest BCUT2D eigenvalue weighted by Crippen LogP contribution is -2.57. The number of rotatable bonds is 6. The van der Waals surface area contributed by atoms with Gasteiger partial charge < -0.3 is 20.7 Å². The fourth-order valence-corrected chi connectivity index (χ4v) is 4.47. The summed E-state index contributed by atoms with van der Waals surface area (Å²) in [5.41, 5.74) is 7.22. The fourth-order valence-electron chi connectivity index (χ4n) is 3.67. The minimum atomic E-state index is -0.556. The van der Waals surface area contributed by atoms with Crippen molar-refractivity contribution in [3.8, 4) is 0 Å². The van der Waals surface area contributed by atoms with Crippen molar-refractivity contribution < 1.29 is 19.1 Å². The van der Waals surface area contributed by atoms with Gasteiger partial charge in [0.05, 0.1) is 24.3 Å². The van der Waals surface area contributed by atoms with Crippen LogP contribution in [0.1, 0.15) is 34.6 Å². The molecule has 3 rings (SSSR count). The van der Waals surface area contributed by atoms with Gasteiger partial charge in [0.1, 0.15) is 5.00 Å². The van der Waals surface area contributed by atoms with Crippen molar-refractivity contribution in [2.75, 3.05) is 37.0 Å². The quantitative estimate of drug-likeness (QED) is 0.681. The lowest BCUT2D eigenvalue weighted by molar-refractivity contribution is -0.121. The predicted molar refractivity (Wildman–Crippen MR) is 117 cm³/mol. The Morgan fingerprint density at radius 2 is 1.90 bits per heavy atom. The molecule has 2 aromatic rings. The number of piperazine rings is 1. The number of carbonyl (C=O) groups excluding carboxylic acids is 3. The molecule has 0 radical (unpaired) electrons. The first kappa shape index (κ1) is 21.8. The number of ether oxygens (including phenoxy) is 1. The summed E-state index contributed by atoms with van der Waals surface area (Å²) in [6, 6.07) is 8.72. The van der Waals surface area contributed by atoms with E-state index in [0.717, 1.165) is 18.8 Å². The number of nitrogens with zero attached hydrogens (tertiary/aromatic N) is 2. The molecule has 1 aliphatic heterocycles. The van der Waals surface area contributed by atoms with Crippen molar-refractivity contribution in [2.24, 2.45) is 5.73 Å². The Kier molecular flexibility index (Phi) is 6.73. The minimum absolute atomic E-state index is 0.138. The van der Waals surface area contributed by atoms with E-state index in [4.69, 9.17) is 10.5 Å². The number of primary amides is 1. The number of hydrogen-bond acceptors (Lipinski definition) is 7. The number of nitrogens with two attached hydrogens (primary N) is 1. The maximum Gasteiger partial charge on any atom is 0.337 e. The zero-order chi connectivity index (χ0) is 21.8. The molecule has 1 aromatic carbocycles. The maximum atomic E-state index is 12.8. The monoisotopic (exact) mass is 430 g/mol. The average molecular weight is 431 g/mol. The summed E-state index contributed by atoms with van der Waals surface area (Å²) in [6.07, 6.45) is 0. The number of benzene rings is 1. The van der Waals surface area contributed by atoms with Crippen LogP contribution in [0.25, 0.3) is 0 Å². The molecule has 30 heavy (non-hydrogen) atoms. The first-order valence-electron chi connectivity index (χ1n) is 9.69. The number of anilines is 2. The van der Waals surface area contributed by atoms with Crippen LogP contribution in [-0.2, 0) is 9.53 Å². The number of hydrogen-bond donors (Lipinski definition) is 2. The normalized spacial score (nSPS) is 18.0. The van der Waals surface area contributed by atoms with Crippen LogP contribution in [0.3, 0.4) is 0 Å². The molecule has 160 valence electrons. The number of amides is 2. The molecule has 0 aliphatic carbocycles. The molecule has 0 spiro atoms. The molecule has 1 aliphatic rings. The van der Waals surface area contributed by atoms with Crippen LogP contribution in [0.5, 0.6) is 0 Å². The third-order valence-electron chi connectivity index (χ3n) is 5.38. The molecule has 1 saturated heterocycles. The second kappa shape index (κ2) is 9.27. The summed E-state index contributed by atoms with van der Waals surface area (Å²) >= 11 is 1.28. The third kappa shape index (κ3) is 4.63. The van der Waals surface area contributed by atoms with Gasteiger partial charge in [0.15, 0.2) is 0 Å². The molecule has 3 N–H and O–H groups in total. The van der Waals surface area contributed by atoms with E-state index >= 15 is 0 Å². The number of carbonyl (C=O) groups is 3. The largest absolute Gasteiger partial charge is 0.465 e. The second-order valence-corrected chi connectivity index (χ2v) is 8.18. The third-order valence-corrected chi connectivity index (χ3v) is 6.21. The summed E-state index contributed by atoms with van der Waals surface area (Å²) in [5, 5.41) is 5.05. The van der Waals surface area contributed by atoms with Gasteiger partial charge in [-0.05, 0) is 49.6 Å². The van der Waals surface area contributed by atoms with Gasteiger partial charge in [-0.2, -0.15) is 0 Å². The number of methoxy groups -OCH3 is 1. The van der Waals surface area contributed by atoms with E-state index < -0.39 is 5.91 Å². The fraction of sp³-hybridized carbons (Fsp3) is 0.381. The molecule has 9 heteroatoms. The highest BCUT2D eigenvalue weighted by Gasteiger charge is 2.31. The van der Waals surface area contributed by atoms with E-state index in [-0.39, 0.29) is 24.0 Å².